The minimum atomic E-state index is -4.21. The Morgan fingerprint density at radius 1 is 1.31 bits per heavy atom. The van der Waals surface area contributed by atoms with Crippen molar-refractivity contribution in [2.75, 3.05) is 11.3 Å². The lowest BCUT2D eigenvalue weighted by atomic mass is 10.0. The molecule has 11 heteroatoms. The van der Waals surface area contributed by atoms with Gasteiger partial charge in [0.15, 0.2) is 5.13 Å². The van der Waals surface area contributed by atoms with Gasteiger partial charge in [0, 0.05) is 17.0 Å². The third-order valence-corrected chi connectivity index (χ3v) is 7.25. The lowest BCUT2D eigenvalue weighted by Crippen LogP contribution is -2.15. The van der Waals surface area contributed by atoms with Crippen LogP contribution in [0.5, 0.6) is 0 Å². The molecule has 7 nitrogen and oxygen atoms in total. The Morgan fingerprint density at radius 3 is 2.81 bits per heavy atom. The average molecular weight is 490 g/mol. The zero-order chi connectivity index (χ0) is 22.9. The third-order valence-electron chi connectivity index (χ3n) is 4.74. The van der Waals surface area contributed by atoms with Crippen molar-refractivity contribution >= 4 is 49.0 Å². The zero-order valence-corrected chi connectivity index (χ0v) is 19.1. The van der Waals surface area contributed by atoms with Crippen molar-refractivity contribution in [1.82, 2.24) is 14.8 Å². The summed E-state index contributed by atoms with van der Waals surface area (Å²) in [6.45, 7) is 2.14. The minimum Gasteiger partial charge on any atom is -0.320 e. The molecule has 2 heterocycles. The summed E-state index contributed by atoms with van der Waals surface area (Å²) in [6, 6.07) is 9.67. The number of nitrogens with two attached hydrogens (primary N) is 1. The van der Waals surface area contributed by atoms with Crippen LogP contribution in [-0.2, 0) is 10.0 Å². The predicted molar refractivity (Wildman–Crippen MR) is 124 cm³/mol. The number of thiazole rings is 1. The first kappa shape index (κ1) is 22.2. The summed E-state index contributed by atoms with van der Waals surface area (Å²) < 4.78 is 44.5. The van der Waals surface area contributed by atoms with E-state index in [0.29, 0.717) is 15.2 Å². The molecule has 0 spiro atoms. The summed E-state index contributed by atoms with van der Waals surface area (Å²) in [7, 11) is -4.21. The molecular weight excluding hydrogens is 473 g/mol. The van der Waals surface area contributed by atoms with E-state index < -0.39 is 20.7 Å². The highest BCUT2D eigenvalue weighted by Crippen LogP contribution is 2.30. The molecule has 164 valence electrons. The van der Waals surface area contributed by atoms with Gasteiger partial charge in [0.25, 0.3) is 10.0 Å². The van der Waals surface area contributed by atoms with E-state index in [2.05, 4.69) is 26.6 Å². The Labute approximate surface area is 193 Å². The highest BCUT2D eigenvalue weighted by molar-refractivity contribution is 7.93. The number of halogens is 2. The third kappa shape index (κ3) is 4.33. The number of hydrogen-bond acceptors (Lipinski definition) is 6. The second-order valence-corrected chi connectivity index (χ2v) is 10.1. The SMILES string of the molecule is CC(c1ccccc1C#CCN)n1ncc2cc(S(=O)(=O)Nc3ncc(Cl)s3)c(F)cc21. The maximum atomic E-state index is 15.0. The van der Waals surface area contributed by atoms with Crippen LogP contribution in [0.3, 0.4) is 0 Å². The number of rotatable bonds is 5. The fourth-order valence-electron chi connectivity index (χ4n) is 3.29. The topological polar surface area (TPSA) is 103 Å². The monoisotopic (exact) mass is 489 g/mol. The average Bonchev–Trinajstić information content (AvgIpc) is 3.36. The van der Waals surface area contributed by atoms with Crippen molar-refractivity contribution in [3.8, 4) is 11.8 Å². The summed E-state index contributed by atoms with van der Waals surface area (Å²) in [4.78, 5) is 3.35. The van der Waals surface area contributed by atoms with Crippen LogP contribution in [0, 0.1) is 17.7 Å². The highest BCUT2D eigenvalue weighted by atomic mass is 35.5. The Morgan fingerprint density at radius 2 is 2.09 bits per heavy atom. The quantitative estimate of drug-likeness (QED) is 0.412. The molecule has 0 radical (unpaired) electrons. The Hall–Kier alpha value is -2.97. The first-order valence-electron chi connectivity index (χ1n) is 9.39. The Kier molecular flexibility index (Phi) is 6.17. The number of aromatic nitrogens is 3. The Bertz CT molecular complexity index is 1470. The lowest BCUT2D eigenvalue weighted by Gasteiger charge is -2.16. The summed E-state index contributed by atoms with van der Waals surface area (Å²) in [5, 5.41) is 4.90. The molecule has 0 bridgehead atoms. The van der Waals surface area contributed by atoms with Crippen LogP contribution < -0.4 is 10.5 Å². The standard InChI is InChI=1S/C21H17ClFN5O2S2/c1-13(16-7-3-2-5-14(16)6-4-8-24)28-18-10-17(23)19(9-15(18)11-26-28)32(29,30)27-21-25-12-20(22)31-21/h2-3,5,7,9-13H,8,24H2,1H3,(H,25,27). The summed E-state index contributed by atoms with van der Waals surface area (Å²) >= 11 is 6.73. The van der Waals surface area contributed by atoms with Gasteiger partial charge < -0.3 is 5.73 Å². The maximum absolute atomic E-state index is 15.0. The molecule has 1 atom stereocenters. The van der Waals surface area contributed by atoms with Crippen molar-refractivity contribution in [3.05, 3.63) is 70.1 Å². The van der Waals surface area contributed by atoms with Gasteiger partial charge in [-0.15, -0.1) is 0 Å². The van der Waals surface area contributed by atoms with Crippen molar-refractivity contribution in [3.63, 3.8) is 0 Å². The maximum Gasteiger partial charge on any atom is 0.266 e. The molecule has 0 amide bonds. The Balaban J connectivity index is 1.74. The zero-order valence-electron chi connectivity index (χ0n) is 16.7. The minimum absolute atomic E-state index is 0.0500. The molecule has 0 aliphatic rings. The van der Waals surface area contributed by atoms with Crippen LogP contribution in [0.15, 0.2) is 53.7 Å². The lowest BCUT2D eigenvalue weighted by molar-refractivity contribution is 0.565. The molecule has 1 unspecified atom stereocenters. The molecule has 32 heavy (non-hydrogen) atoms. The largest absolute Gasteiger partial charge is 0.320 e. The van der Waals surface area contributed by atoms with E-state index in [-0.39, 0.29) is 17.7 Å². The van der Waals surface area contributed by atoms with Gasteiger partial charge in [-0.05, 0) is 24.6 Å². The van der Waals surface area contributed by atoms with Crippen LogP contribution in [0.25, 0.3) is 10.9 Å². The fraction of sp³-hybridized carbons (Fsp3) is 0.143. The van der Waals surface area contributed by atoms with Gasteiger partial charge in [0.2, 0.25) is 0 Å². The number of fused-ring (bicyclic) bond motifs is 1. The first-order valence-corrected chi connectivity index (χ1v) is 12.1. The predicted octanol–water partition coefficient (Wildman–Crippen LogP) is 4.01. The molecule has 0 saturated heterocycles. The molecule has 0 fully saturated rings. The van der Waals surface area contributed by atoms with Gasteiger partial charge in [-0.25, -0.2) is 17.8 Å². The molecule has 2 aromatic carbocycles. The summed E-state index contributed by atoms with van der Waals surface area (Å²) in [5.74, 6) is 4.97. The van der Waals surface area contributed by atoms with Gasteiger partial charge in [0.05, 0.1) is 30.5 Å². The van der Waals surface area contributed by atoms with Crippen LogP contribution in [0.4, 0.5) is 9.52 Å². The summed E-state index contributed by atoms with van der Waals surface area (Å²) in [5.41, 5.74) is 7.62. The molecule has 0 saturated carbocycles. The molecule has 4 aromatic rings. The van der Waals surface area contributed by atoms with E-state index in [4.69, 9.17) is 17.3 Å². The van der Waals surface area contributed by atoms with Crippen molar-refractivity contribution in [2.45, 2.75) is 17.9 Å². The second-order valence-electron chi connectivity index (χ2n) is 6.77. The van der Waals surface area contributed by atoms with E-state index in [1.54, 1.807) is 4.68 Å². The van der Waals surface area contributed by atoms with Gasteiger partial charge in [0.1, 0.15) is 15.0 Å². The van der Waals surface area contributed by atoms with Gasteiger partial charge in [-0.3, -0.25) is 9.40 Å². The van der Waals surface area contributed by atoms with Gasteiger partial charge in [-0.2, -0.15) is 5.10 Å². The second kappa shape index (κ2) is 8.88. The van der Waals surface area contributed by atoms with Crippen molar-refractivity contribution < 1.29 is 12.8 Å². The van der Waals surface area contributed by atoms with Gasteiger partial charge >= 0.3 is 0 Å². The number of sulfonamides is 1. The van der Waals surface area contributed by atoms with E-state index in [9.17, 15) is 12.8 Å². The molecule has 2 aromatic heterocycles. The van der Waals surface area contributed by atoms with Crippen LogP contribution in [-0.4, -0.2) is 29.7 Å². The molecule has 4 rings (SSSR count). The normalized spacial score (nSPS) is 12.4. The highest BCUT2D eigenvalue weighted by Gasteiger charge is 2.24. The van der Waals surface area contributed by atoms with Crippen LogP contribution in [0.2, 0.25) is 4.34 Å². The molecule has 3 N–H and O–H groups in total. The van der Waals surface area contributed by atoms with E-state index in [0.717, 1.165) is 28.5 Å². The van der Waals surface area contributed by atoms with Crippen LogP contribution >= 0.6 is 22.9 Å². The number of hydrogen-bond donors (Lipinski definition) is 2. The smallest absolute Gasteiger partial charge is 0.266 e. The molecular formula is C21H17ClFN5O2S2. The van der Waals surface area contributed by atoms with E-state index in [1.807, 2.05) is 31.2 Å². The fourth-order valence-corrected chi connectivity index (χ4v) is 5.44. The van der Waals surface area contributed by atoms with Gasteiger partial charge in [-0.1, -0.05) is 53.0 Å². The molecule has 0 aliphatic heterocycles. The number of nitrogens with zero attached hydrogens (tertiary/aromatic N) is 3. The first-order chi connectivity index (χ1) is 15.3. The van der Waals surface area contributed by atoms with Crippen molar-refractivity contribution in [2.24, 2.45) is 5.73 Å². The molecule has 0 aliphatic carbocycles. The van der Waals surface area contributed by atoms with E-state index in [1.165, 1.54) is 18.5 Å². The number of nitrogens with one attached hydrogen (secondary N) is 1. The van der Waals surface area contributed by atoms with E-state index >= 15 is 0 Å². The van der Waals surface area contributed by atoms with Crippen molar-refractivity contribution in [1.29, 1.82) is 0 Å². The van der Waals surface area contributed by atoms with Crippen LogP contribution in [0.1, 0.15) is 24.1 Å². The number of anilines is 1. The summed E-state index contributed by atoms with van der Waals surface area (Å²) in [6.07, 6.45) is 2.81. The number of benzene rings is 2.